The fourth-order valence-electron chi connectivity index (χ4n) is 1.73. The van der Waals surface area contributed by atoms with Crippen LogP contribution in [0.25, 0.3) is 11.3 Å². The lowest BCUT2D eigenvalue weighted by Gasteiger charge is -2.10. The zero-order valence-corrected chi connectivity index (χ0v) is 9.51. The lowest BCUT2D eigenvalue weighted by Crippen LogP contribution is -2.30. The zero-order chi connectivity index (χ0) is 12.3. The van der Waals surface area contributed by atoms with E-state index in [1.807, 2.05) is 6.92 Å². The first kappa shape index (κ1) is 11.3. The highest BCUT2D eigenvalue weighted by atomic mass is 16.2. The molecule has 88 valence electrons. The maximum Gasteiger partial charge on any atom is 0.328 e. The monoisotopic (exact) mass is 231 g/mol. The van der Waals surface area contributed by atoms with Gasteiger partial charge in [0.1, 0.15) is 0 Å². The van der Waals surface area contributed by atoms with Gasteiger partial charge in [-0.05, 0) is 18.6 Å². The summed E-state index contributed by atoms with van der Waals surface area (Å²) in [5.74, 6) is 0. The maximum absolute atomic E-state index is 11.7. The van der Waals surface area contributed by atoms with E-state index in [2.05, 4.69) is 9.97 Å². The maximum atomic E-state index is 11.7. The summed E-state index contributed by atoms with van der Waals surface area (Å²) < 4.78 is 1.57. The van der Waals surface area contributed by atoms with E-state index in [0.29, 0.717) is 12.2 Å². The minimum Gasteiger partial charge on any atom is -0.293 e. The number of pyridine rings is 1. The van der Waals surface area contributed by atoms with Crippen LogP contribution < -0.4 is 11.2 Å². The highest BCUT2D eigenvalue weighted by Crippen LogP contribution is 2.14. The minimum atomic E-state index is -0.380. The molecule has 0 saturated heterocycles. The average molecular weight is 231 g/mol. The number of hydrogen-bond donors (Lipinski definition) is 1. The summed E-state index contributed by atoms with van der Waals surface area (Å²) in [7, 11) is 0. The first-order valence-electron chi connectivity index (χ1n) is 5.47. The van der Waals surface area contributed by atoms with Crippen LogP contribution in [0, 0.1) is 0 Å². The summed E-state index contributed by atoms with van der Waals surface area (Å²) in [6, 6.07) is 4.99. The molecule has 17 heavy (non-hydrogen) atoms. The van der Waals surface area contributed by atoms with Gasteiger partial charge in [-0.15, -0.1) is 0 Å². The van der Waals surface area contributed by atoms with Gasteiger partial charge in [0.15, 0.2) is 0 Å². The first-order chi connectivity index (χ1) is 8.22. The van der Waals surface area contributed by atoms with Crippen molar-refractivity contribution in [1.82, 2.24) is 14.5 Å². The van der Waals surface area contributed by atoms with Crippen LogP contribution in [0.3, 0.4) is 0 Å². The van der Waals surface area contributed by atoms with Gasteiger partial charge in [-0.3, -0.25) is 19.3 Å². The van der Waals surface area contributed by atoms with Crippen LogP contribution in [-0.2, 0) is 6.54 Å². The molecule has 0 aliphatic heterocycles. The largest absolute Gasteiger partial charge is 0.328 e. The molecule has 5 nitrogen and oxygen atoms in total. The second-order valence-corrected chi connectivity index (χ2v) is 3.71. The fraction of sp³-hybridized carbons (Fsp3) is 0.250. The third-order valence-corrected chi connectivity index (χ3v) is 2.46. The van der Waals surface area contributed by atoms with Crippen LogP contribution in [0.1, 0.15) is 13.3 Å². The SMILES string of the molecule is CCCn1c(-c2ccncc2)cc(=O)[nH]c1=O. The Balaban J connectivity index is 2.67. The highest BCUT2D eigenvalue weighted by Gasteiger charge is 2.07. The predicted molar refractivity (Wildman–Crippen MR) is 64.8 cm³/mol. The third-order valence-electron chi connectivity index (χ3n) is 2.46. The molecule has 2 rings (SSSR count). The zero-order valence-electron chi connectivity index (χ0n) is 9.51. The molecule has 1 N–H and O–H groups in total. The Morgan fingerprint density at radius 3 is 2.65 bits per heavy atom. The summed E-state index contributed by atoms with van der Waals surface area (Å²) in [4.78, 5) is 29.3. The van der Waals surface area contributed by atoms with Gasteiger partial charge in [0.25, 0.3) is 5.56 Å². The van der Waals surface area contributed by atoms with Gasteiger partial charge in [-0.1, -0.05) is 6.92 Å². The van der Waals surface area contributed by atoms with Gasteiger partial charge in [0.05, 0.1) is 5.69 Å². The van der Waals surface area contributed by atoms with Gasteiger partial charge in [-0.2, -0.15) is 0 Å². The lowest BCUT2D eigenvalue weighted by molar-refractivity contribution is 0.639. The molecule has 0 aliphatic carbocycles. The minimum absolute atomic E-state index is 0.369. The molecule has 0 fully saturated rings. The smallest absolute Gasteiger partial charge is 0.293 e. The number of aromatic nitrogens is 3. The molecule has 0 unspecified atom stereocenters. The second-order valence-electron chi connectivity index (χ2n) is 3.71. The molecule has 0 aliphatic rings. The standard InChI is InChI=1S/C12H13N3O2/c1-2-7-15-10(8-11(16)14-12(15)17)9-3-5-13-6-4-9/h3-6,8H,2,7H2,1H3,(H,14,16,17). The van der Waals surface area contributed by atoms with Gasteiger partial charge in [0.2, 0.25) is 0 Å². The number of aromatic amines is 1. The summed E-state index contributed by atoms with van der Waals surface area (Å²) in [5.41, 5.74) is 0.694. The molecule has 2 aromatic rings. The van der Waals surface area contributed by atoms with E-state index in [-0.39, 0.29) is 11.2 Å². The summed E-state index contributed by atoms with van der Waals surface area (Å²) in [6.07, 6.45) is 4.10. The molecule has 0 saturated carbocycles. The molecule has 0 atom stereocenters. The molecular formula is C12H13N3O2. The van der Waals surface area contributed by atoms with Crippen molar-refractivity contribution < 1.29 is 0 Å². The summed E-state index contributed by atoms with van der Waals surface area (Å²) in [6.45, 7) is 2.56. The van der Waals surface area contributed by atoms with Crippen molar-refractivity contribution in [3.05, 3.63) is 51.4 Å². The van der Waals surface area contributed by atoms with Crippen LogP contribution in [0.15, 0.2) is 40.2 Å². The topological polar surface area (TPSA) is 67.8 Å². The second kappa shape index (κ2) is 4.78. The van der Waals surface area contributed by atoms with Crippen molar-refractivity contribution in [2.24, 2.45) is 0 Å². The van der Waals surface area contributed by atoms with Crippen molar-refractivity contribution in [3.8, 4) is 11.3 Å². The van der Waals surface area contributed by atoms with Gasteiger partial charge < -0.3 is 0 Å². The van der Waals surface area contributed by atoms with Crippen molar-refractivity contribution in [2.75, 3.05) is 0 Å². The Morgan fingerprint density at radius 2 is 2.00 bits per heavy atom. The van der Waals surface area contributed by atoms with Crippen molar-refractivity contribution in [1.29, 1.82) is 0 Å². The van der Waals surface area contributed by atoms with Crippen molar-refractivity contribution in [2.45, 2.75) is 19.9 Å². The Hall–Kier alpha value is -2.17. The van der Waals surface area contributed by atoms with E-state index < -0.39 is 0 Å². The van der Waals surface area contributed by atoms with Crippen LogP contribution in [-0.4, -0.2) is 14.5 Å². The molecule has 0 spiro atoms. The van der Waals surface area contributed by atoms with E-state index in [1.54, 1.807) is 29.1 Å². The van der Waals surface area contributed by atoms with E-state index in [9.17, 15) is 9.59 Å². The summed E-state index contributed by atoms with van der Waals surface area (Å²) in [5, 5.41) is 0. The molecule has 0 amide bonds. The van der Waals surface area contributed by atoms with Crippen LogP contribution >= 0.6 is 0 Å². The van der Waals surface area contributed by atoms with Crippen molar-refractivity contribution in [3.63, 3.8) is 0 Å². The molecule has 0 bridgehead atoms. The number of H-pyrrole nitrogens is 1. The quantitative estimate of drug-likeness (QED) is 0.857. The summed E-state index contributed by atoms with van der Waals surface area (Å²) >= 11 is 0. The molecule has 0 radical (unpaired) electrons. The Labute approximate surface area is 97.8 Å². The Bertz CT molecular complexity index is 614. The Kier molecular flexibility index (Phi) is 3.18. The lowest BCUT2D eigenvalue weighted by atomic mass is 10.2. The normalized spacial score (nSPS) is 10.4. The number of rotatable bonds is 3. The van der Waals surface area contributed by atoms with E-state index >= 15 is 0 Å². The van der Waals surface area contributed by atoms with E-state index in [1.165, 1.54) is 6.07 Å². The Morgan fingerprint density at radius 1 is 1.29 bits per heavy atom. The highest BCUT2D eigenvalue weighted by molar-refractivity contribution is 5.58. The fourth-order valence-corrected chi connectivity index (χ4v) is 1.73. The van der Waals surface area contributed by atoms with Crippen LogP contribution in [0.2, 0.25) is 0 Å². The van der Waals surface area contributed by atoms with Crippen LogP contribution in [0.5, 0.6) is 0 Å². The van der Waals surface area contributed by atoms with E-state index in [4.69, 9.17) is 0 Å². The van der Waals surface area contributed by atoms with E-state index in [0.717, 1.165) is 12.0 Å². The molecular weight excluding hydrogens is 218 g/mol. The number of hydrogen-bond acceptors (Lipinski definition) is 3. The van der Waals surface area contributed by atoms with Gasteiger partial charge >= 0.3 is 5.69 Å². The molecule has 2 heterocycles. The van der Waals surface area contributed by atoms with Gasteiger partial charge in [0, 0.05) is 30.6 Å². The number of nitrogens with one attached hydrogen (secondary N) is 1. The molecule has 2 aromatic heterocycles. The van der Waals surface area contributed by atoms with Gasteiger partial charge in [-0.25, -0.2) is 4.79 Å². The molecule has 0 aromatic carbocycles. The molecule has 5 heteroatoms. The third kappa shape index (κ3) is 2.33. The van der Waals surface area contributed by atoms with Crippen LogP contribution in [0.4, 0.5) is 0 Å². The average Bonchev–Trinajstić information content (AvgIpc) is 2.33. The van der Waals surface area contributed by atoms with Crippen molar-refractivity contribution >= 4 is 0 Å². The number of nitrogens with zero attached hydrogens (tertiary/aromatic N) is 2. The first-order valence-corrected chi connectivity index (χ1v) is 5.47. The predicted octanol–water partition coefficient (Wildman–Crippen LogP) is 1.01.